The van der Waals surface area contributed by atoms with Crippen molar-refractivity contribution >= 4 is 11.7 Å². The zero-order chi connectivity index (χ0) is 30.9. The molecule has 2 aromatic rings. The molecule has 3 heterocycles. The fraction of sp³-hybridized carbons (Fsp3) is 0.647. The lowest BCUT2D eigenvalue weighted by Crippen LogP contribution is -2.43. The quantitative estimate of drug-likeness (QED) is 0.376. The van der Waals surface area contributed by atoms with Crippen molar-refractivity contribution in [3.05, 3.63) is 46.8 Å². The van der Waals surface area contributed by atoms with Gasteiger partial charge in [0, 0.05) is 36.5 Å². The fourth-order valence-corrected chi connectivity index (χ4v) is 6.48. The number of benzene rings is 1. The first kappa shape index (κ1) is 32.3. The molecule has 1 saturated carbocycles. The van der Waals surface area contributed by atoms with E-state index < -0.39 is 23.2 Å². The number of hydrogen-bond acceptors (Lipinski definition) is 5. The highest BCUT2D eigenvalue weighted by atomic mass is 19.2. The molecule has 2 N–H and O–H groups in total. The number of piperidine rings is 2. The van der Waals surface area contributed by atoms with E-state index in [4.69, 9.17) is 10.1 Å². The highest BCUT2D eigenvalue weighted by Crippen LogP contribution is 2.49. The number of carboxylic acids is 1. The summed E-state index contributed by atoms with van der Waals surface area (Å²) in [5.74, 6) is -2.71. The molecule has 8 heteroatoms. The molecule has 1 aliphatic carbocycles. The number of hydrogen-bond donors (Lipinski definition) is 2. The van der Waals surface area contributed by atoms with E-state index in [0.29, 0.717) is 28.8 Å². The first-order valence-corrected chi connectivity index (χ1v) is 15.5. The summed E-state index contributed by atoms with van der Waals surface area (Å²) in [5, 5.41) is 18.3. The number of likely N-dealkylation sites (tertiary alicyclic amines) is 1. The van der Waals surface area contributed by atoms with Crippen molar-refractivity contribution in [2.24, 2.45) is 10.8 Å². The van der Waals surface area contributed by atoms with Crippen LogP contribution in [0.2, 0.25) is 0 Å². The topological polar surface area (TPSA) is 76.9 Å². The van der Waals surface area contributed by atoms with Crippen LogP contribution in [0.4, 0.5) is 14.5 Å². The van der Waals surface area contributed by atoms with Crippen LogP contribution in [0.3, 0.4) is 0 Å². The molecule has 3 fully saturated rings. The molecule has 6 nitrogen and oxygen atoms in total. The maximum Gasteiger partial charge on any atom is 0.307 e. The molecule has 2 aliphatic heterocycles. The van der Waals surface area contributed by atoms with Crippen molar-refractivity contribution in [1.82, 2.24) is 9.88 Å². The Morgan fingerprint density at radius 3 is 2.07 bits per heavy atom. The molecule has 0 amide bonds. The average molecular weight is 586 g/mol. The van der Waals surface area contributed by atoms with E-state index >= 15 is 0 Å². The Morgan fingerprint density at radius 1 is 0.976 bits per heavy atom. The predicted octanol–water partition coefficient (Wildman–Crippen LogP) is 7.13. The highest BCUT2D eigenvalue weighted by molar-refractivity contribution is 5.86. The first-order chi connectivity index (χ1) is 19.6. The largest absolute Gasteiger partial charge is 0.481 e. The van der Waals surface area contributed by atoms with Crippen molar-refractivity contribution in [1.29, 1.82) is 0 Å². The number of anilines is 1. The van der Waals surface area contributed by atoms with Crippen molar-refractivity contribution in [2.45, 2.75) is 105 Å². The number of rotatable bonds is 6. The van der Waals surface area contributed by atoms with Gasteiger partial charge in [0.2, 0.25) is 0 Å². The summed E-state index contributed by atoms with van der Waals surface area (Å²) in [7, 11) is 0. The maximum absolute atomic E-state index is 14.5. The molecule has 0 radical (unpaired) electrons. The number of aromatic nitrogens is 1. The Labute approximate surface area is 250 Å². The lowest BCUT2D eigenvalue weighted by Gasteiger charge is -2.48. The van der Waals surface area contributed by atoms with Crippen LogP contribution in [0.5, 0.6) is 0 Å². The van der Waals surface area contributed by atoms with Gasteiger partial charge in [-0.15, -0.1) is 0 Å². The summed E-state index contributed by atoms with van der Waals surface area (Å²) in [6, 6.07) is 4.01. The van der Waals surface area contributed by atoms with E-state index in [9.17, 15) is 18.7 Å². The Kier molecular flexibility index (Phi) is 9.68. The van der Waals surface area contributed by atoms with Gasteiger partial charge in [0.05, 0.1) is 23.4 Å². The molecule has 232 valence electrons. The van der Waals surface area contributed by atoms with Gasteiger partial charge in [-0.1, -0.05) is 26.3 Å². The number of aryl methyl sites for hydroxylation is 1. The monoisotopic (exact) mass is 585 g/mol. The number of carbonyl (C=O) groups is 1. The van der Waals surface area contributed by atoms with Gasteiger partial charge in [-0.25, -0.2) is 8.78 Å². The molecule has 0 unspecified atom stereocenters. The zero-order valence-electron chi connectivity index (χ0n) is 26.3. The number of halogens is 2. The first-order valence-electron chi connectivity index (χ1n) is 15.5. The SMILES string of the molecule is CC(C)(C)O.Cc1nc(CN2CCC3(CCC3)CC2)c(-c2ccc(F)c(F)c2)c(N2CCC(C)(C)CC2)c1CC(=O)O. The summed E-state index contributed by atoms with van der Waals surface area (Å²) in [5.41, 5.74) is 4.58. The summed E-state index contributed by atoms with van der Waals surface area (Å²) in [4.78, 5) is 21.6. The molecule has 1 aromatic heterocycles. The second-order valence-corrected chi connectivity index (χ2v) is 14.5. The van der Waals surface area contributed by atoms with Gasteiger partial charge >= 0.3 is 5.97 Å². The van der Waals surface area contributed by atoms with E-state index in [0.717, 1.165) is 62.0 Å². The summed E-state index contributed by atoms with van der Waals surface area (Å²) in [6.07, 6.45) is 8.17. The minimum absolute atomic E-state index is 0.156. The van der Waals surface area contributed by atoms with Crippen LogP contribution in [0, 0.1) is 29.4 Å². The van der Waals surface area contributed by atoms with Gasteiger partial charge in [-0.2, -0.15) is 0 Å². The second kappa shape index (κ2) is 12.6. The van der Waals surface area contributed by atoms with Crippen LogP contribution in [0.25, 0.3) is 11.1 Å². The van der Waals surface area contributed by atoms with Crippen molar-refractivity contribution in [3.8, 4) is 11.1 Å². The predicted molar refractivity (Wildman–Crippen MR) is 164 cm³/mol. The maximum atomic E-state index is 14.5. The molecule has 0 bridgehead atoms. The zero-order valence-corrected chi connectivity index (χ0v) is 26.3. The van der Waals surface area contributed by atoms with E-state index in [1.165, 1.54) is 38.2 Å². The molecular weight excluding hydrogens is 536 g/mol. The van der Waals surface area contributed by atoms with Crippen LogP contribution in [0.15, 0.2) is 18.2 Å². The molecule has 42 heavy (non-hydrogen) atoms. The fourth-order valence-electron chi connectivity index (χ4n) is 6.48. The van der Waals surface area contributed by atoms with Crippen molar-refractivity contribution < 1.29 is 23.8 Å². The van der Waals surface area contributed by atoms with Crippen LogP contribution < -0.4 is 4.90 Å². The highest BCUT2D eigenvalue weighted by Gasteiger charge is 2.40. The Morgan fingerprint density at radius 2 is 1.57 bits per heavy atom. The summed E-state index contributed by atoms with van der Waals surface area (Å²) >= 11 is 0. The molecule has 2 saturated heterocycles. The smallest absolute Gasteiger partial charge is 0.307 e. The molecule has 1 aromatic carbocycles. The minimum Gasteiger partial charge on any atom is -0.481 e. The second-order valence-electron chi connectivity index (χ2n) is 14.5. The average Bonchev–Trinajstić information content (AvgIpc) is 2.86. The number of nitrogens with zero attached hydrogens (tertiary/aromatic N) is 3. The normalized spacial score (nSPS) is 20.1. The number of aliphatic carboxylic acids is 1. The summed E-state index contributed by atoms with van der Waals surface area (Å²) in [6.45, 7) is 15.8. The number of pyridine rings is 1. The lowest BCUT2D eigenvalue weighted by atomic mass is 9.63. The number of carboxylic acid groups (broad SMARTS) is 1. The van der Waals surface area contributed by atoms with E-state index in [2.05, 4.69) is 23.6 Å². The van der Waals surface area contributed by atoms with Gasteiger partial charge < -0.3 is 15.1 Å². The Bertz CT molecular complexity index is 1260. The third-order valence-corrected chi connectivity index (χ3v) is 9.22. The molecular formula is C34H49F2N3O3. The molecule has 5 rings (SSSR count). The lowest BCUT2D eigenvalue weighted by molar-refractivity contribution is -0.136. The van der Waals surface area contributed by atoms with Crippen LogP contribution in [0.1, 0.15) is 96.5 Å². The van der Waals surface area contributed by atoms with Crippen LogP contribution >= 0.6 is 0 Å². The molecule has 1 spiro atoms. The molecule has 3 aliphatic rings. The van der Waals surface area contributed by atoms with E-state index in [-0.39, 0.29) is 11.8 Å². The summed E-state index contributed by atoms with van der Waals surface area (Å²) < 4.78 is 28.5. The van der Waals surface area contributed by atoms with E-state index in [1.54, 1.807) is 26.8 Å². The van der Waals surface area contributed by atoms with Crippen molar-refractivity contribution in [3.63, 3.8) is 0 Å². The molecule has 0 atom stereocenters. The van der Waals surface area contributed by atoms with Gasteiger partial charge in [-0.05, 0) is 108 Å². The standard InChI is InChI=1S/C30H39F2N3O2.C4H10O/c1-20-22(18-26(36)37)28(35-15-9-29(2,3)10-16-35)27(21-5-6-23(31)24(32)17-21)25(33-20)19-34-13-11-30(12-14-34)7-4-8-30;1-4(2,3)5/h5-6,17H,4,7-16,18-19H2,1-3H3,(H,36,37);5H,1-3H3. The van der Waals surface area contributed by atoms with Crippen LogP contribution in [-0.2, 0) is 17.8 Å². The third kappa shape index (κ3) is 8.07. The third-order valence-electron chi connectivity index (χ3n) is 9.22. The van der Waals surface area contributed by atoms with Gasteiger partial charge in [0.1, 0.15) is 0 Å². The Balaban J connectivity index is 0.000000748. The minimum atomic E-state index is -0.922. The van der Waals surface area contributed by atoms with Crippen LogP contribution in [-0.4, -0.2) is 57.8 Å². The van der Waals surface area contributed by atoms with E-state index in [1.807, 2.05) is 6.92 Å². The van der Waals surface area contributed by atoms with Gasteiger partial charge in [0.25, 0.3) is 0 Å². The van der Waals surface area contributed by atoms with Crippen molar-refractivity contribution in [2.75, 3.05) is 31.1 Å². The number of aliphatic hydroxyl groups is 1. The Hall–Kier alpha value is -2.58. The van der Waals surface area contributed by atoms with Gasteiger partial charge in [0.15, 0.2) is 11.6 Å². The van der Waals surface area contributed by atoms with Gasteiger partial charge in [-0.3, -0.25) is 14.7 Å².